The van der Waals surface area contributed by atoms with Crippen molar-refractivity contribution in [2.24, 2.45) is 0 Å². The molecule has 0 atom stereocenters. The van der Waals surface area contributed by atoms with Crippen LogP contribution < -0.4 is 10.6 Å². The van der Waals surface area contributed by atoms with Crippen molar-refractivity contribution in [2.45, 2.75) is 6.92 Å². The summed E-state index contributed by atoms with van der Waals surface area (Å²) in [5.74, 6) is -5.21. The number of rotatable bonds is 4. The Morgan fingerprint density at radius 2 is 1.52 bits per heavy atom. The Labute approximate surface area is 141 Å². The van der Waals surface area contributed by atoms with E-state index in [-0.39, 0.29) is 17.9 Å². The smallest absolute Gasteiger partial charge is 0.340 e. The van der Waals surface area contributed by atoms with Gasteiger partial charge in [0.1, 0.15) is 17.3 Å². The van der Waals surface area contributed by atoms with E-state index in [0.717, 1.165) is 18.2 Å². The van der Waals surface area contributed by atoms with Crippen LogP contribution in [-0.4, -0.2) is 24.4 Å². The van der Waals surface area contributed by atoms with Gasteiger partial charge in [0.15, 0.2) is 0 Å². The fourth-order valence-corrected chi connectivity index (χ4v) is 1.95. The molecule has 0 spiro atoms. The average molecular weight is 348 g/mol. The van der Waals surface area contributed by atoms with Gasteiger partial charge in [0, 0.05) is 0 Å². The summed E-state index contributed by atoms with van der Waals surface area (Å²) in [6.07, 6.45) is 0. The maximum absolute atomic E-state index is 13.5. The molecule has 130 valence electrons. The van der Waals surface area contributed by atoms with Crippen molar-refractivity contribution < 1.29 is 27.9 Å². The lowest BCUT2D eigenvalue weighted by Crippen LogP contribution is -2.30. The first-order valence-corrected chi connectivity index (χ1v) is 7.26. The van der Waals surface area contributed by atoms with Crippen LogP contribution >= 0.6 is 0 Å². The lowest BCUT2D eigenvalue weighted by molar-refractivity contribution is -0.133. The molecule has 8 heteroatoms. The van der Waals surface area contributed by atoms with E-state index < -0.39 is 35.1 Å². The SMILES string of the molecule is CCOC(=O)c1ccccc1NC(=O)C(=O)Nc1c(F)cccc1F. The van der Waals surface area contributed by atoms with E-state index in [1.54, 1.807) is 13.0 Å². The van der Waals surface area contributed by atoms with Crippen molar-refractivity contribution in [2.75, 3.05) is 17.2 Å². The van der Waals surface area contributed by atoms with E-state index in [2.05, 4.69) is 5.32 Å². The minimum atomic E-state index is -1.29. The summed E-state index contributed by atoms with van der Waals surface area (Å²) in [5.41, 5.74) is -0.654. The summed E-state index contributed by atoms with van der Waals surface area (Å²) in [6, 6.07) is 8.88. The van der Waals surface area contributed by atoms with E-state index in [4.69, 9.17) is 4.74 Å². The minimum Gasteiger partial charge on any atom is -0.462 e. The third-order valence-corrected chi connectivity index (χ3v) is 3.08. The van der Waals surface area contributed by atoms with Gasteiger partial charge in [-0.2, -0.15) is 0 Å². The number of hydrogen-bond acceptors (Lipinski definition) is 4. The molecule has 0 fully saturated rings. The fraction of sp³-hybridized carbons (Fsp3) is 0.118. The predicted molar refractivity (Wildman–Crippen MR) is 86.0 cm³/mol. The Morgan fingerprint density at radius 1 is 0.920 bits per heavy atom. The van der Waals surface area contributed by atoms with Crippen molar-refractivity contribution in [1.82, 2.24) is 0 Å². The number of nitrogens with one attached hydrogen (secondary N) is 2. The van der Waals surface area contributed by atoms with Gasteiger partial charge in [0.2, 0.25) is 0 Å². The van der Waals surface area contributed by atoms with Gasteiger partial charge < -0.3 is 15.4 Å². The molecule has 0 saturated heterocycles. The van der Waals surface area contributed by atoms with Crippen molar-refractivity contribution in [3.05, 3.63) is 59.7 Å². The summed E-state index contributed by atoms with van der Waals surface area (Å²) in [7, 11) is 0. The van der Waals surface area contributed by atoms with Crippen molar-refractivity contribution in [1.29, 1.82) is 0 Å². The highest BCUT2D eigenvalue weighted by molar-refractivity contribution is 6.44. The van der Waals surface area contributed by atoms with Crippen LogP contribution in [0.5, 0.6) is 0 Å². The molecule has 2 N–H and O–H groups in total. The lowest BCUT2D eigenvalue weighted by Gasteiger charge is -2.11. The van der Waals surface area contributed by atoms with Crippen LogP contribution in [0.4, 0.5) is 20.2 Å². The van der Waals surface area contributed by atoms with Gasteiger partial charge in [-0.25, -0.2) is 13.6 Å². The minimum absolute atomic E-state index is 0.0371. The number of ether oxygens (including phenoxy) is 1. The Balaban J connectivity index is 2.15. The van der Waals surface area contributed by atoms with Gasteiger partial charge in [-0.15, -0.1) is 0 Å². The number of benzene rings is 2. The Hall–Kier alpha value is -3.29. The van der Waals surface area contributed by atoms with Crippen LogP contribution in [0.15, 0.2) is 42.5 Å². The molecule has 2 aromatic rings. The van der Waals surface area contributed by atoms with Gasteiger partial charge >= 0.3 is 17.8 Å². The molecule has 0 aromatic heterocycles. The zero-order valence-corrected chi connectivity index (χ0v) is 13.1. The van der Waals surface area contributed by atoms with Crippen molar-refractivity contribution in [3.63, 3.8) is 0 Å². The molecule has 0 aliphatic heterocycles. The summed E-state index contributed by atoms with van der Waals surface area (Å²) in [4.78, 5) is 35.6. The molecule has 0 saturated carbocycles. The summed E-state index contributed by atoms with van der Waals surface area (Å²) < 4.78 is 31.9. The number of para-hydroxylation sites is 2. The second-order valence-corrected chi connectivity index (χ2v) is 4.77. The summed E-state index contributed by atoms with van der Waals surface area (Å²) in [5, 5.41) is 4.07. The van der Waals surface area contributed by atoms with Crippen LogP contribution in [0.1, 0.15) is 17.3 Å². The van der Waals surface area contributed by atoms with Gasteiger partial charge in [-0.1, -0.05) is 18.2 Å². The average Bonchev–Trinajstić information content (AvgIpc) is 2.58. The molecule has 0 radical (unpaired) electrons. The Kier molecular flexibility index (Phi) is 5.78. The van der Waals surface area contributed by atoms with E-state index in [1.165, 1.54) is 18.2 Å². The first-order chi connectivity index (χ1) is 11.9. The number of halogens is 2. The Morgan fingerprint density at radius 3 is 2.16 bits per heavy atom. The molecule has 0 unspecified atom stereocenters. The quantitative estimate of drug-likeness (QED) is 0.657. The summed E-state index contributed by atoms with van der Waals surface area (Å²) in [6.45, 7) is 1.75. The number of carbonyl (C=O) groups excluding carboxylic acids is 3. The second-order valence-electron chi connectivity index (χ2n) is 4.77. The van der Waals surface area contributed by atoms with Crippen LogP contribution in [0.3, 0.4) is 0 Å². The monoisotopic (exact) mass is 348 g/mol. The third-order valence-electron chi connectivity index (χ3n) is 3.08. The molecule has 6 nitrogen and oxygen atoms in total. The number of esters is 1. The molecule has 0 aliphatic rings. The van der Waals surface area contributed by atoms with Crippen LogP contribution in [0, 0.1) is 11.6 Å². The molecular formula is C17H14F2N2O4. The van der Waals surface area contributed by atoms with Crippen LogP contribution in [0.25, 0.3) is 0 Å². The molecule has 2 aromatic carbocycles. The van der Waals surface area contributed by atoms with E-state index in [9.17, 15) is 23.2 Å². The third kappa shape index (κ3) is 4.37. The number of carbonyl (C=O) groups is 3. The van der Waals surface area contributed by atoms with Crippen LogP contribution in [-0.2, 0) is 14.3 Å². The van der Waals surface area contributed by atoms with Crippen molar-refractivity contribution in [3.8, 4) is 0 Å². The largest absolute Gasteiger partial charge is 0.462 e. The number of hydrogen-bond donors (Lipinski definition) is 2. The normalized spacial score (nSPS) is 10.0. The molecule has 2 rings (SSSR count). The zero-order chi connectivity index (χ0) is 18.4. The van der Waals surface area contributed by atoms with Crippen LogP contribution in [0.2, 0.25) is 0 Å². The van der Waals surface area contributed by atoms with E-state index in [0.29, 0.717) is 0 Å². The molecule has 0 bridgehead atoms. The van der Waals surface area contributed by atoms with Gasteiger partial charge in [-0.3, -0.25) is 9.59 Å². The highest BCUT2D eigenvalue weighted by Gasteiger charge is 2.20. The number of anilines is 2. The first kappa shape index (κ1) is 18.1. The van der Waals surface area contributed by atoms with Gasteiger partial charge in [0.25, 0.3) is 0 Å². The number of amides is 2. The fourth-order valence-electron chi connectivity index (χ4n) is 1.95. The van der Waals surface area contributed by atoms with Crippen molar-refractivity contribution >= 4 is 29.2 Å². The molecule has 0 heterocycles. The maximum atomic E-state index is 13.5. The second kappa shape index (κ2) is 8.00. The maximum Gasteiger partial charge on any atom is 0.340 e. The predicted octanol–water partition coefficient (Wildman–Crippen LogP) is 2.72. The van der Waals surface area contributed by atoms with Gasteiger partial charge in [-0.05, 0) is 31.2 Å². The summed E-state index contributed by atoms with van der Waals surface area (Å²) >= 11 is 0. The molecule has 2 amide bonds. The highest BCUT2D eigenvalue weighted by atomic mass is 19.1. The zero-order valence-electron chi connectivity index (χ0n) is 13.1. The molecule has 0 aliphatic carbocycles. The Bertz CT molecular complexity index is 804. The first-order valence-electron chi connectivity index (χ1n) is 7.26. The van der Waals surface area contributed by atoms with Gasteiger partial charge in [0.05, 0.1) is 17.9 Å². The molecule has 25 heavy (non-hydrogen) atoms. The highest BCUT2D eigenvalue weighted by Crippen LogP contribution is 2.19. The lowest BCUT2D eigenvalue weighted by atomic mass is 10.2. The topological polar surface area (TPSA) is 84.5 Å². The van der Waals surface area contributed by atoms with E-state index >= 15 is 0 Å². The molecular weight excluding hydrogens is 334 g/mol. The van der Waals surface area contributed by atoms with E-state index in [1.807, 2.05) is 5.32 Å². The standard InChI is InChI=1S/C17H14F2N2O4/c1-2-25-17(24)10-6-3-4-9-13(10)20-15(22)16(23)21-14-11(18)7-5-8-12(14)19/h3-9H,2H2,1H3,(H,20,22)(H,21,23).